The third kappa shape index (κ3) is 4.33. The van der Waals surface area contributed by atoms with E-state index >= 15 is 0 Å². The van der Waals surface area contributed by atoms with Gasteiger partial charge in [-0.1, -0.05) is 12.2 Å². The molecule has 3 N–H and O–H groups in total. The number of allylic oxidation sites excluding steroid dienone is 1. The van der Waals surface area contributed by atoms with Crippen LogP contribution >= 0.6 is 0 Å². The molecule has 0 aromatic rings. The van der Waals surface area contributed by atoms with Gasteiger partial charge in [0, 0.05) is 6.54 Å². The molecule has 0 spiro atoms. The van der Waals surface area contributed by atoms with Crippen molar-refractivity contribution in [1.29, 1.82) is 0 Å². The van der Waals surface area contributed by atoms with E-state index in [1.54, 1.807) is 0 Å². The molecule has 0 aliphatic heterocycles. The molecular weight excluding hydrogens is 208 g/mol. The first-order valence-corrected chi connectivity index (χ1v) is 5.53. The Kier molecular flexibility index (Phi) is 4.82. The lowest BCUT2D eigenvalue weighted by molar-refractivity contribution is -0.139. The predicted molar refractivity (Wildman–Crippen MR) is 60.1 cm³/mol. The highest BCUT2D eigenvalue weighted by Crippen LogP contribution is 2.32. The molecular formula is C11H18N2O3. The number of carbonyl (C=O) groups excluding carboxylic acids is 1. The Bertz CT molecular complexity index is 285. The van der Waals surface area contributed by atoms with Crippen LogP contribution in [0, 0.1) is 5.92 Å². The molecule has 0 aromatic carbocycles. The van der Waals surface area contributed by atoms with E-state index in [4.69, 9.17) is 5.11 Å². The van der Waals surface area contributed by atoms with Crippen molar-refractivity contribution in [2.75, 3.05) is 6.54 Å². The molecule has 1 aliphatic carbocycles. The smallest absolute Gasteiger partial charge is 0.326 e. The first-order valence-electron chi connectivity index (χ1n) is 5.53. The lowest BCUT2D eigenvalue weighted by atomic mass is 10.2. The van der Waals surface area contributed by atoms with E-state index in [0.717, 1.165) is 19.3 Å². The van der Waals surface area contributed by atoms with Gasteiger partial charge >= 0.3 is 12.0 Å². The average Bonchev–Trinajstić information content (AvgIpc) is 3.04. The number of carbonyl (C=O) groups is 2. The predicted octanol–water partition coefficient (Wildman–Crippen LogP) is 1.11. The number of urea groups is 1. The standard InChI is InChI=1S/C11H18N2O3/c1-2-3-4-7-12-11(16)13-9(10(14)15)8-5-6-8/h2-3,8-9H,4-7H2,1H3,(H,14,15)(H2,12,13,16)/b3-2+. The Morgan fingerprint density at radius 2 is 2.19 bits per heavy atom. The van der Waals surface area contributed by atoms with Crippen LogP contribution in [0.4, 0.5) is 4.79 Å². The molecule has 1 rings (SSSR count). The molecule has 1 fully saturated rings. The molecule has 0 saturated heterocycles. The quantitative estimate of drug-likeness (QED) is 0.469. The van der Waals surface area contributed by atoms with Gasteiger partial charge < -0.3 is 15.7 Å². The van der Waals surface area contributed by atoms with E-state index in [1.165, 1.54) is 0 Å². The number of hydrogen-bond donors (Lipinski definition) is 3. The van der Waals surface area contributed by atoms with E-state index in [0.29, 0.717) is 6.54 Å². The van der Waals surface area contributed by atoms with Crippen LogP contribution in [-0.4, -0.2) is 29.7 Å². The summed E-state index contributed by atoms with van der Waals surface area (Å²) in [4.78, 5) is 22.2. The molecule has 1 unspecified atom stereocenters. The number of amides is 2. The SMILES string of the molecule is C/C=C/CCNC(=O)NC(C(=O)O)C1CC1. The zero-order chi connectivity index (χ0) is 12.0. The minimum Gasteiger partial charge on any atom is -0.480 e. The maximum absolute atomic E-state index is 11.3. The zero-order valence-corrected chi connectivity index (χ0v) is 9.40. The number of aliphatic carboxylic acids is 1. The van der Waals surface area contributed by atoms with Crippen molar-refractivity contribution in [1.82, 2.24) is 10.6 Å². The Labute approximate surface area is 94.9 Å². The van der Waals surface area contributed by atoms with Crippen LogP contribution in [0.1, 0.15) is 26.2 Å². The fourth-order valence-electron chi connectivity index (χ4n) is 1.44. The Morgan fingerprint density at radius 1 is 1.50 bits per heavy atom. The number of nitrogens with one attached hydrogen (secondary N) is 2. The molecule has 1 aliphatic rings. The first kappa shape index (κ1) is 12.5. The van der Waals surface area contributed by atoms with Gasteiger partial charge in [0.1, 0.15) is 6.04 Å². The van der Waals surface area contributed by atoms with Gasteiger partial charge in [-0.3, -0.25) is 0 Å². The van der Waals surface area contributed by atoms with Crippen molar-refractivity contribution in [2.24, 2.45) is 5.92 Å². The third-order valence-corrected chi connectivity index (χ3v) is 2.48. The van der Waals surface area contributed by atoms with E-state index in [-0.39, 0.29) is 5.92 Å². The number of hydrogen-bond acceptors (Lipinski definition) is 2. The molecule has 5 heteroatoms. The van der Waals surface area contributed by atoms with Gasteiger partial charge in [0.2, 0.25) is 0 Å². The largest absolute Gasteiger partial charge is 0.480 e. The van der Waals surface area contributed by atoms with Crippen molar-refractivity contribution in [3.63, 3.8) is 0 Å². The van der Waals surface area contributed by atoms with Crippen molar-refractivity contribution in [2.45, 2.75) is 32.2 Å². The first-order chi connectivity index (χ1) is 7.65. The van der Waals surface area contributed by atoms with Crippen LogP contribution < -0.4 is 10.6 Å². The summed E-state index contributed by atoms with van der Waals surface area (Å²) in [6.45, 7) is 2.43. The van der Waals surface area contributed by atoms with E-state index in [1.807, 2.05) is 19.1 Å². The Balaban J connectivity index is 2.23. The lowest BCUT2D eigenvalue weighted by Crippen LogP contribution is -2.47. The molecule has 0 bridgehead atoms. The summed E-state index contributed by atoms with van der Waals surface area (Å²) >= 11 is 0. The third-order valence-electron chi connectivity index (χ3n) is 2.48. The van der Waals surface area contributed by atoms with Crippen molar-refractivity contribution >= 4 is 12.0 Å². The van der Waals surface area contributed by atoms with Crippen molar-refractivity contribution in [3.8, 4) is 0 Å². The van der Waals surface area contributed by atoms with Gasteiger partial charge in [-0.05, 0) is 32.1 Å². The Hall–Kier alpha value is -1.52. The Morgan fingerprint density at radius 3 is 2.69 bits per heavy atom. The van der Waals surface area contributed by atoms with Gasteiger partial charge in [0.25, 0.3) is 0 Å². The zero-order valence-electron chi connectivity index (χ0n) is 9.40. The molecule has 16 heavy (non-hydrogen) atoms. The van der Waals surface area contributed by atoms with Crippen molar-refractivity contribution in [3.05, 3.63) is 12.2 Å². The van der Waals surface area contributed by atoms with Crippen LogP contribution in [-0.2, 0) is 4.79 Å². The van der Waals surface area contributed by atoms with Crippen LogP contribution in [0.2, 0.25) is 0 Å². The monoisotopic (exact) mass is 226 g/mol. The minimum absolute atomic E-state index is 0.110. The summed E-state index contributed by atoms with van der Waals surface area (Å²) in [6.07, 6.45) is 6.37. The molecule has 2 amide bonds. The number of rotatable bonds is 6. The topological polar surface area (TPSA) is 78.4 Å². The van der Waals surface area contributed by atoms with Gasteiger partial charge in [-0.15, -0.1) is 0 Å². The second-order valence-electron chi connectivity index (χ2n) is 3.91. The van der Waals surface area contributed by atoms with E-state index < -0.39 is 18.0 Å². The van der Waals surface area contributed by atoms with Gasteiger partial charge in [0.05, 0.1) is 0 Å². The summed E-state index contributed by atoms with van der Waals surface area (Å²) in [6, 6.07) is -1.13. The highest BCUT2D eigenvalue weighted by atomic mass is 16.4. The number of carboxylic acids is 1. The molecule has 1 saturated carbocycles. The van der Waals surface area contributed by atoms with Crippen LogP contribution in [0.25, 0.3) is 0 Å². The molecule has 0 radical (unpaired) electrons. The highest BCUT2D eigenvalue weighted by molar-refractivity contribution is 5.83. The second-order valence-corrected chi connectivity index (χ2v) is 3.91. The molecule has 0 heterocycles. The maximum Gasteiger partial charge on any atom is 0.326 e. The maximum atomic E-state index is 11.3. The fraction of sp³-hybridized carbons (Fsp3) is 0.636. The molecule has 0 aromatic heterocycles. The number of carboxylic acid groups (broad SMARTS) is 1. The van der Waals surface area contributed by atoms with E-state index in [2.05, 4.69) is 10.6 Å². The lowest BCUT2D eigenvalue weighted by Gasteiger charge is -2.13. The fourth-order valence-corrected chi connectivity index (χ4v) is 1.44. The molecule has 90 valence electrons. The van der Waals surface area contributed by atoms with Crippen LogP contribution in [0.5, 0.6) is 0 Å². The summed E-state index contributed by atoms with van der Waals surface area (Å²) in [5, 5.41) is 14.0. The minimum atomic E-state index is -0.953. The second kappa shape index (κ2) is 6.15. The van der Waals surface area contributed by atoms with Crippen molar-refractivity contribution < 1.29 is 14.7 Å². The molecule has 1 atom stereocenters. The van der Waals surface area contributed by atoms with Gasteiger partial charge in [0.15, 0.2) is 0 Å². The summed E-state index contributed by atoms with van der Waals surface area (Å²) in [5.74, 6) is -0.843. The van der Waals surface area contributed by atoms with Gasteiger partial charge in [-0.25, -0.2) is 9.59 Å². The normalized spacial score (nSPS) is 17.1. The highest BCUT2D eigenvalue weighted by Gasteiger charge is 2.37. The molecule has 5 nitrogen and oxygen atoms in total. The van der Waals surface area contributed by atoms with E-state index in [9.17, 15) is 9.59 Å². The van der Waals surface area contributed by atoms with Crippen LogP contribution in [0.15, 0.2) is 12.2 Å². The average molecular weight is 226 g/mol. The summed E-state index contributed by atoms with van der Waals surface area (Å²) in [5.41, 5.74) is 0. The summed E-state index contributed by atoms with van der Waals surface area (Å²) < 4.78 is 0. The van der Waals surface area contributed by atoms with Crippen LogP contribution in [0.3, 0.4) is 0 Å². The summed E-state index contributed by atoms with van der Waals surface area (Å²) in [7, 11) is 0. The van der Waals surface area contributed by atoms with Gasteiger partial charge in [-0.2, -0.15) is 0 Å².